The molecule has 2 aliphatic rings. The lowest BCUT2D eigenvalue weighted by atomic mass is 9.12. The highest BCUT2D eigenvalue weighted by molar-refractivity contribution is 7.20. The second kappa shape index (κ2) is 22.4. The van der Waals surface area contributed by atoms with Gasteiger partial charge < -0.3 is 4.90 Å². The number of fused-ring (bicyclic) bond motifs is 2. The van der Waals surface area contributed by atoms with E-state index in [0.717, 1.165) is 0 Å². The van der Waals surface area contributed by atoms with Gasteiger partial charge in [0, 0.05) is 41.6 Å². The molecule has 0 spiro atoms. The molecule has 0 unspecified atom stereocenters. The van der Waals surface area contributed by atoms with Crippen molar-refractivity contribution in [3.8, 4) is 0 Å². The van der Waals surface area contributed by atoms with Crippen LogP contribution in [-0.2, 0) is 54.1 Å². The molecule has 86 heavy (non-hydrogen) atoms. The Morgan fingerprint density at radius 3 is 0.942 bits per heavy atom. The minimum absolute atomic E-state index is 0.00226. The van der Waals surface area contributed by atoms with E-state index in [-0.39, 0.29) is 54.1 Å². The summed E-state index contributed by atoms with van der Waals surface area (Å²) in [6, 6.07) is 44.6. The molecule has 2 nitrogen and oxygen atoms in total. The maximum Gasteiger partial charge on any atom is 0.209 e. The minimum Gasteiger partial charge on any atom is -0.347 e. The molecule has 0 amide bonds. The molecule has 0 atom stereocenters. The topological polar surface area (TPSA) is 6.25 Å². The van der Waals surface area contributed by atoms with Crippen molar-refractivity contribution >= 4 is 45.1 Å². The van der Waals surface area contributed by atoms with Gasteiger partial charge in [-0.3, -0.25) is 0 Å². The van der Waals surface area contributed by atoms with E-state index in [1.54, 1.807) is 0 Å². The molecule has 0 N–H and O–H groups in total. The monoisotopic (exact) mass is 1150 g/mol. The van der Waals surface area contributed by atoms with Crippen molar-refractivity contribution < 1.29 is 4.58 Å². The molecule has 3 heteroatoms. The SMILES string of the molecule is CC(C)(C)c1cc([B-](c2cc(C(C)(C)C)cc(C(C)(C)C)c2)(c2cc(C(C)(C)C)cc(C(C)(C)C)c2)c2cc(C(C)(C)C)cc(C(C)(C)C)c2)cc(C(C)(C)C)c1.Cc1ccc2c(c1)C(C)(C)C(/C=C/C=C1/N(C)c3ccc(C)cc3C1(C)C)=[N+]2C. The van der Waals surface area contributed by atoms with E-state index < -0.39 is 6.15 Å². The van der Waals surface area contributed by atoms with Crippen molar-refractivity contribution in [1.82, 2.24) is 0 Å². The van der Waals surface area contributed by atoms with E-state index in [1.165, 1.54) is 111 Å². The average Bonchev–Trinajstić information content (AvgIpc) is 0.924. The van der Waals surface area contributed by atoms with Gasteiger partial charge in [-0.2, -0.15) is 26.4 Å². The van der Waals surface area contributed by atoms with Crippen LogP contribution in [0, 0.1) is 13.8 Å². The van der Waals surface area contributed by atoms with Crippen molar-refractivity contribution in [2.75, 3.05) is 19.0 Å². The summed E-state index contributed by atoms with van der Waals surface area (Å²) in [5.41, 5.74) is 27.2. The molecule has 8 rings (SSSR count). The molecule has 0 aliphatic carbocycles. The lowest BCUT2D eigenvalue weighted by Crippen LogP contribution is -2.75. The van der Waals surface area contributed by atoms with E-state index in [1.807, 2.05) is 0 Å². The van der Waals surface area contributed by atoms with Crippen LogP contribution in [0.25, 0.3) is 0 Å². The number of hydrogen-bond donors (Lipinski definition) is 0. The Morgan fingerprint density at radius 2 is 0.651 bits per heavy atom. The molecule has 2 heterocycles. The first-order valence-corrected chi connectivity index (χ1v) is 32.6. The van der Waals surface area contributed by atoms with Crippen LogP contribution >= 0.6 is 0 Å². The lowest BCUT2D eigenvalue weighted by molar-refractivity contribution is -0.401. The molecule has 2 aliphatic heterocycles. The number of likely N-dealkylation sites (N-methyl/N-ethyl adjacent to an activating group) is 1. The summed E-state index contributed by atoms with van der Waals surface area (Å²) in [7, 11) is 4.36. The smallest absolute Gasteiger partial charge is 0.209 e. The summed E-state index contributed by atoms with van der Waals surface area (Å²) in [6.45, 7) is 71.0. The summed E-state index contributed by atoms with van der Waals surface area (Å²) in [4.78, 5) is 2.34. The molecular weight excluding hydrogens is 1040 g/mol. The van der Waals surface area contributed by atoms with Crippen molar-refractivity contribution in [2.24, 2.45) is 0 Å². The van der Waals surface area contributed by atoms with Crippen molar-refractivity contribution in [3.05, 3.63) is 200 Å². The van der Waals surface area contributed by atoms with Gasteiger partial charge in [-0.05, 0) is 139 Å². The first-order chi connectivity index (χ1) is 38.8. The normalized spacial score (nSPS) is 16.5. The summed E-state index contributed by atoms with van der Waals surface area (Å²) in [5, 5.41) is 0. The summed E-state index contributed by atoms with van der Waals surface area (Å²) >= 11 is 0. The van der Waals surface area contributed by atoms with Gasteiger partial charge >= 0.3 is 0 Å². The standard InChI is InChI=1S/C56H84B.C27H33N2/c1-49(2,3)37-25-38(50(4,5)6)30-45(29-37)57(46-31-39(51(7,8)9)26-40(32-46)52(10,11)12,47-33-41(53(13,14)15)27-42(34-47)54(16,17)18)48-35-43(55(19,20)21)28-44(36-48)56(22,23)24;1-18-12-14-22-20(16-18)26(3,4)24(28(22)7)10-9-11-25-27(5,6)21-17-19(2)13-15-23(21)29(25)8/h25-36H,1-24H3;9-17H,1-8H3/q-1;+1. The zero-order chi connectivity index (χ0) is 65.1. The molecule has 0 saturated heterocycles. The Kier molecular flexibility index (Phi) is 17.7. The highest BCUT2D eigenvalue weighted by Crippen LogP contribution is 2.48. The van der Waals surface area contributed by atoms with Gasteiger partial charge in [0.2, 0.25) is 5.69 Å². The second-order valence-corrected chi connectivity index (χ2v) is 35.9. The molecule has 0 aromatic heterocycles. The van der Waals surface area contributed by atoms with Crippen molar-refractivity contribution in [3.63, 3.8) is 0 Å². The van der Waals surface area contributed by atoms with Gasteiger partial charge in [-0.1, -0.05) is 288 Å². The van der Waals surface area contributed by atoms with Crippen LogP contribution in [0.3, 0.4) is 0 Å². The molecule has 6 aromatic rings. The number of anilines is 1. The Labute approximate surface area is 527 Å². The van der Waals surface area contributed by atoms with Gasteiger partial charge in [0.25, 0.3) is 0 Å². The Bertz CT molecular complexity index is 3200. The first kappa shape index (κ1) is 67.8. The van der Waals surface area contributed by atoms with E-state index in [9.17, 15) is 0 Å². The molecule has 0 bridgehead atoms. The Morgan fingerprint density at radius 1 is 0.372 bits per heavy atom. The van der Waals surface area contributed by atoms with Gasteiger partial charge in [0.15, 0.2) is 5.71 Å². The quantitative estimate of drug-likeness (QED) is 0.119. The highest BCUT2D eigenvalue weighted by atomic mass is 15.2. The van der Waals surface area contributed by atoms with Crippen molar-refractivity contribution in [2.45, 2.75) is 262 Å². The number of nitrogens with zero attached hydrogens (tertiary/aromatic N) is 2. The predicted molar refractivity (Wildman–Crippen MR) is 385 cm³/mol. The molecular formula is C83H117BN2. The Hall–Kier alpha value is -5.67. The molecule has 6 aromatic carbocycles. The van der Waals surface area contributed by atoms with E-state index in [4.69, 9.17) is 0 Å². The fourth-order valence-electron chi connectivity index (χ4n) is 13.4. The second-order valence-electron chi connectivity index (χ2n) is 35.9. The molecule has 0 saturated carbocycles. The van der Waals surface area contributed by atoms with E-state index in [2.05, 4.69) is 359 Å². The van der Waals surface area contributed by atoms with Crippen LogP contribution in [0.15, 0.2) is 133 Å². The first-order valence-electron chi connectivity index (χ1n) is 32.6. The average molecular weight is 1150 g/mol. The number of allylic oxidation sites excluding steroid dienone is 4. The molecule has 0 fully saturated rings. The zero-order valence-corrected chi connectivity index (χ0v) is 60.6. The Balaban J connectivity index is 0.000000302. The number of hydrogen-bond acceptors (Lipinski definition) is 1. The van der Waals surface area contributed by atoms with E-state index >= 15 is 0 Å². The third-order valence-corrected chi connectivity index (χ3v) is 19.6. The maximum atomic E-state index is 2.62. The summed E-state index contributed by atoms with van der Waals surface area (Å²) in [5.74, 6) is 0. The van der Waals surface area contributed by atoms with Crippen LogP contribution in [0.2, 0.25) is 0 Å². The lowest BCUT2D eigenvalue weighted by Gasteiger charge is -2.48. The van der Waals surface area contributed by atoms with Crippen molar-refractivity contribution in [1.29, 1.82) is 0 Å². The van der Waals surface area contributed by atoms with Crippen LogP contribution in [0.5, 0.6) is 0 Å². The largest absolute Gasteiger partial charge is 0.347 e. The predicted octanol–water partition coefficient (Wildman–Crippen LogP) is 19.6. The molecule has 462 valence electrons. The van der Waals surface area contributed by atoms with Gasteiger partial charge in [0.05, 0.1) is 5.41 Å². The third-order valence-electron chi connectivity index (χ3n) is 19.6. The van der Waals surface area contributed by atoms with E-state index in [0.29, 0.717) is 0 Å². The van der Waals surface area contributed by atoms with Gasteiger partial charge in [-0.15, -0.1) is 0 Å². The van der Waals surface area contributed by atoms with Crippen LogP contribution in [0.1, 0.15) is 261 Å². The van der Waals surface area contributed by atoms with Gasteiger partial charge in [0.1, 0.15) is 13.2 Å². The zero-order valence-electron chi connectivity index (χ0n) is 60.6. The summed E-state index contributed by atoms with van der Waals surface area (Å²) < 4.78 is 2.34. The summed E-state index contributed by atoms with van der Waals surface area (Å²) in [6.07, 6.45) is 5.02. The number of rotatable bonds is 6. The fraction of sp³-hybridized carbons (Fsp3) is 0.506. The third kappa shape index (κ3) is 13.5. The number of aryl methyl sites for hydroxylation is 2. The van der Waals surface area contributed by atoms with Crippen LogP contribution < -0.4 is 26.8 Å². The highest BCUT2D eigenvalue weighted by Gasteiger charge is 2.44. The minimum atomic E-state index is -1.80. The van der Waals surface area contributed by atoms with Crippen LogP contribution in [-0.4, -0.2) is 30.5 Å². The number of benzene rings is 6. The molecule has 0 radical (unpaired) electrons. The van der Waals surface area contributed by atoms with Crippen LogP contribution in [0.4, 0.5) is 11.4 Å². The van der Waals surface area contributed by atoms with Gasteiger partial charge in [-0.25, -0.2) is 0 Å². The maximum absolute atomic E-state index is 2.62. The fourth-order valence-corrected chi connectivity index (χ4v) is 13.4.